The van der Waals surface area contributed by atoms with Crippen molar-refractivity contribution in [3.8, 4) is 0 Å². The highest BCUT2D eigenvalue weighted by Crippen LogP contribution is 2.21. The van der Waals surface area contributed by atoms with E-state index in [1.54, 1.807) is 12.3 Å². The molecule has 5 N–H and O–H groups in total. The van der Waals surface area contributed by atoms with E-state index in [2.05, 4.69) is 4.98 Å². The van der Waals surface area contributed by atoms with Crippen LogP contribution < -0.4 is 5.73 Å². The van der Waals surface area contributed by atoms with E-state index in [1.165, 1.54) is 0 Å². The molecule has 1 aromatic carbocycles. The minimum Gasteiger partial charge on any atom is -0.516 e. The maximum absolute atomic E-state index is 10.8. The number of nitrogens with one attached hydrogen (secondary N) is 1. The first-order valence-corrected chi connectivity index (χ1v) is 5.51. The molecule has 0 aliphatic heterocycles. The number of rotatable bonds is 4. The third kappa shape index (κ3) is 2.36. The van der Waals surface area contributed by atoms with Crippen molar-refractivity contribution in [3.63, 3.8) is 0 Å². The minimum absolute atomic E-state index is 0.266. The summed E-state index contributed by atoms with van der Waals surface area (Å²) in [7, 11) is 0. The predicted octanol–water partition coefficient (Wildman–Crippen LogP) is 1.65. The number of aromatic nitrogens is 1. The molecule has 5 heteroatoms. The Morgan fingerprint density at radius 1 is 1.50 bits per heavy atom. The summed E-state index contributed by atoms with van der Waals surface area (Å²) in [5, 5.41) is 18.5. The molecule has 1 atom stereocenters. The van der Waals surface area contributed by atoms with Crippen molar-refractivity contribution in [2.45, 2.75) is 12.5 Å². The van der Waals surface area contributed by atoms with Crippen LogP contribution in [0.4, 0.5) is 0 Å². The molecule has 5 nitrogen and oxygen atoms in total. The van der Waals surface area contributed by atoms with E-state index in [-0.39, 0.29) is 6.42 Å². The maximum Gasteiger partial charge on any atom is 0.320 e. The van der Waals surface area contributed by atoms with Gasteiger partial charge in [-0.1, -0.05) is 6.07 Å². The van der Waals surface area contributed by atoms with Crippen molar-refractivity contribution in [1.82, 2.24) is 4.98 Å². The Hall–Kier alpha value is -2.27. The third-order valence-corrected chi connectivity index (χ3v) is 2.82. The van der Waals surface area contributed by atoms with Crippen LogP contribution in [0, 0.1) is 0 Å². The summed E-state index contributed by atoms with van der Waals surface area (Å²) in [6.45, 7) is 0. The van der Waals surface area contributed by atoms with Gasteiger partial charge in [-0.05, 0) is 29.3 Å². The molecule has 1 heterocycles. The average molecular weight is 246 g/mol. The zero-order chi connectivity index (χ0) is 13.1. The lowest BCUT2D eigenvalue weighted by molar-refractivity contribution is -0.138. The molecule has 2 rings (SSSR count). The quantitative estimate of drug-likeness (QED) is 0.616. The number of carboxylic acid groups (broad SMARTS) is 1. The molecule has 1 aromatic heterocycles. The van der Waals surface area contributed by atoms with Crippen LogP contribution in [0.2, 0.25) is 0 Å². The second kappa shape index (κ2) is 4.93. The van der Waals surface area contributed by atoms with Crippen molar-refractivity contribution in [2.24, 2.45) is 5.73 Å². The number of fused-ring (bicyclic) bond motifs is 1. The number of H-pyrrole nitrogens is 1. The fourth-order valence-electron chi connectivity index (χ4n) is 1.88. The highest BCUT2D eigenvalue weighted by Gasteiger charge is 2.14. The van der Waals surface area contributed by atoms with Crippen LogP contribution in [0.25, 0.3) is 17.0 Å². The minimum atomic E-state index is -1.02. The van der Waals surface area contributed by atoms with Crippen LogP contribution >= 0.6 is 0 Å². The first-order valence-electron chi connectivity index (χ1n) is 5.51. The molecule has 0 radical (unpaired) electrons. The van der Waals surface area contributed by atoms with Crippen molar-refractivity contribution < 1.29 is 15.0 Å². The monoisotopic (exact) mass is 246 g/mol. The predicted molar refractivity (Wildman–Crippen MR) is 69.3 cm³/mol. The van der Waals surface area contributed by atoms with Crippen molar-refractivity contribution in [2.75, 3.05) is 0 Å². The van der Waals surface area contributed by atoms with Gasteiger partial charge in [0.15, 0.2) is 0 Å². The van der Waals surface area contributed by atoms with Gasteiger partial charge in [-0.3, -0.25) is 4.79 Å². The second-order valence-corrected chi connectivity index (χ2v) is 4.08. The van der Waals surface area contributed by atoms with Gasteiger partial charge >= 0.3 is 5.97 Å². The van der Waals surface area contributed by atoms with E-state index in [4.69, 9.17) is 15.9 Å². The van der Waals surface area contributed by atoms with E-state index >= 15 is 0 Å². The van der Waals surface area contributed by atoms with Gasteiger partial charge in [-0.2, -0.15) is 0 Å². The number of hydrogen-bond donors (Lipinski definition) is 4. The number of carboxylic acids is 1. The lowest BCUT2D eigenvalue weighted by Crippen LogP contribution is -2.32. The van der Waals surface area contributed by atoms with Gasteiger partial charge in [0.05, 0.1) is 6.26 Å². The van der Waals surface area contributed by atoms with Crippen LogP contribution in [-0.2, 0) is 11.2 Å². The number of aromatic amines is 1. The molecule has 0 aliphatic carbocycles. The SMILES string of the molecule is N[C@@H](Cc1c[nH]c2ccc(C=CO)cc12)C(=O)O. The van der Waals surface area contributed by atoms with Crippen LogP contribution in [0.15, 0.2) is 30.7 Å². The fourth-order valence-corrected chi connectivity index (χ4v) is 1.88. The molecular formula is C13H14N2O3. The number of benzene rings is 1. The molecule has 0 unspecified atom stereocenters. The summed E-state index contributed by atoms with van der Waals surface area (Å²) in [5.74, 6) is -1.02. The molecular weight excluding hydrogens is 232 g/mol. The zero-order valence-corrected chi connectivity index (χ0v) is 9.63. The number of aliphatic hydroxyl groups is 1. The Bertz CT molecular complexity index is 601. The second-order valence-electron chi connectivity index (χ2n) is 4.08. The smallest absolute Gasteiger partial charge is 0.320 e. The Labute approximate surface area is 104 Å². The summed E-state index contributed by atoms with van der Waals surface area (Å²) in [4.78, 5) is 13.8. The standard InChI is InChI=1S/C13H14N2O3/c14-11(13(17)18)6-9-7-15-12-2-1-8(3-4-16)5-10(9)12/h1-5,7,11,15-16H,6,14H2,(H,17,18)/t11-/m0/s1. The maximum atomic E-state index is 10.8. The molecule has 0 spiro atoms. The number of carbonyl (C=O) groups is 1. The topological polar surface area (TPSA) is 99.3 Å². The Morgan fingerprint density at radius 2 is 2.28 bits per heavy atom. The van der Waals surface area contributed by atoms with Crippen LogP contribution in [0.5, 0.6) is 0 Å². The van der Waals surface area contributed by atoms with E-state index in [0.29, 0.717) is 0 Å². The zero-order valence-electron chi connectivity index (χ0n) is 9.63. The molecule has 0 fully saturated rings. The molecule has 2 aromatic rings. The molecule has 0 saturated carbocycles. The average Bonchev–Trinajstić information content (AvgIpc) is 2.72. The van der Waals surface area contributed by atoms with E-state index in [9.17, 15) is 4.79 Å². The largest absolute Gasteiger partial charge is 0.516 e. The van der Waals surface area contributed by atoms with Crippen LogP contribution in [0.3, 0.4) is 0 Å². The van der Waals surface area contributed by atoms with Gasteiger partial charge in [-0.15, -0.1) is 0 Å². The lowest BCUT2D eigenvalue weighted by atomic mass is 10.0. The van der Waals surface area contributed by atoms with Crippen molar-refractivity contribution >= 4 is 22.9 Å². The summed E-state index contributed by atoms with van der Waals surface area (Å²) in [6.07, 6.45) is 4.56. The van der Waals surface area contributed by atoms with Gasteiger partial charge < -0.3 is 20.9 Å². The number of aliphatic hydroxyl groups excluding tert-OH is 1. The van der Waals surface area contributed by atoms with E-state index < -0.39 is 12.0 Å². The Balaban J connectivity index is 2.39. The van der Waals surface area contributed by atoms with Crippen LogP contribution in [0.1, 0.15) is 11.1 Å². The molecule has 94 valence electrons. The summed E-state index contributed by atoms with van der Waals surface area (Å²) < 4.78 is 0. The van der Waals surface area contributed by atoms with E-state index in [0.717, 1.165) is 28.3 Å². The summed E-state index contributed by atoms with van der Waals surface area (Å²) >= 11 is 0. The van der Waals surface area contributed by atoms with Gasteiger partial charge in [-0.25, -0.2) is 0 Å². The first-order chi connectivity index (χ1) is 8.61. The lowest BCUT2D eigenvalue weighted by Gasteiger charge is -2.05. The van der Waals surface area contributed by atoms with Gasteiger partial charge in [0.1, 0.15) is 6.04 Å². The molecule has 0 aliphatic rings. The van der Waals surface area contributed by atoms with E-state index in [1.807, 2.05) is 18.2 Å². The van der Waals surface area contributed by atoms with Crippen LogP contribution in [-0.4, -0.2) is 27.2 Å². The fraction of sp³-hybridized carbons (Fsp3) is 0.154. The van der Waals surface area contributed by atoms with Gasteiger partial charge in [0.25, 0.3) is 0 Å². The Kier molecular flexibility index (Phi) is 3.34. The molecule has 18 heavy (non-hydrogen) atoms. The van der Waals surface area contributed by atoms with Gasteiger partial charge in [0, 0.05) is 23.5 Å². The number of aliphatic carboxylic acids is 1. The van der Waals surface area contributed by atoms with Crippen molar-refractivity contribution in [1.29, 1.82) is 0 Å². The highest BCUT2D eigenvalue weighted by atomic mass is 16.4. The highest BCUT2D eigenvalue weighted by molar-refractivity contribution is 5.86. The number of nitrogens with two attached hydrogens (primary N) is 1. The summed E-state index contributed by atoms with van der Waals surface area (Å²) in [6, 6.07) is 4.69. The molecule has 0 amide bonds. The van der Waals surface area contributed by atoms with Crippen molar-refractivity contribution in [3.05, 3.63) is 41.8 Å². The summed E-state index contributed by atoms with van der Waals surface area (Å²) in [5.41, 5.74) is 8.14. The molecule has 0 bridgehead atoms. The molecule has 0 saturated heterocycles. The van der Waals surface area contributed by atoms with Gasteiger partial charge in [0.2, 0.25) is 0 Å². The number of hydrogen-bond acceptors (Lipinski definition) is 3. The first kappa shape index (κ1) is 12.2. The normalized spacial score (nSPS) is 13.2. The third-order valence-electron chi connectivity index (χ3n) is 2.82. The Morgan fingerprint density at radius 3 is 2.94 bits per heavy atom.